The van der Waals surface area contributed by atoms with E-state index in [1.165, 1.54) is 31.4 Å². The number of hydrogen-bond acceptors (Lipinski definition) is 2. The van der Waals surface area contributed by atoms with Crippen LogP contribution < -0.4 is 5.32 Å². The van der Waals surface area contributed by atoms with Crippen molar-refractivity contribution in [2.24, 2.45) is 5.92 Å². The molecule has 0 radical (unpaired) electrons. The van der Waals surface area contributed by atoms with Crippen molar-refractivity contribution in [2.75, 3.05) is 19.6 Å². The highest BCUT2D eigenvalue weighted by Crippen LogP contribution is 2.33. The summed E-state index contributed by atoms with van der Waals surface area (Å²) in [5.41, 5.74) is 1.29. The van der Waals surface area contributed by atoms with Gasteiger partial charge in [-0.2, -0.15) is 0 Å². The van der Waals surface area contributed by atoms with E-state index in [-0.39, 0.29) is 0 Å². The van der Waals surface area contributed by atoms with Crippen LogP contribution in [0.1, 0.15) is 33.1 Å². The van der Waals surface area contributed by atoms with E-state index < -0.39 is 0 Å². The minimum atomic E-state index is 0.814. The third kappa shape index (κ3) is 2.61. The lowest BCUT2D eigenvalue weighted by Gasteiger charge is -2.28. The maximum atomic E-state index is 4.01. The fraction of sp³-hybridized carbons (Fsp3) is 0.846. The van der Waals surface area contributed by atoms with Gasteiger partial charge in [-0.25, -0.2) is 0 Å². The topological polar surface area (TPSA) is 15.3 Å². The summed E-state index contributed by atoms with van der Waals surface area (Å²) >= 11 is 0. The van der Waals surface area contributed by atoms with Crippen LogP contribution >= 0.6 is 0 Å². The van der Waals surface area contributed by atoms with E-state index in [9.17, 15) is 0 Å². The Labute approximate surface area is 93.7 Å². The maximum Gasteiger partial charge on any atom is 0.0187 e. The molecule has 0 aromatic carbocycles. The largest absolute Gasteiger partial charge is 0.311 e. The van der Waals surface area contributed by atoms with Crippen LogP contribution in [0.4, 0.5) is 0 Å². The SMILES string of the molecule is C=C(C)CN(CC)CC1CC2CCC1N2. The minimum Gasteiger partial charge on any atom is -0.311 e. The summed E-state index contributed by atoms with van der Waals surface area (Å²) in [6.45, 7) is 11.9. The summed E-state index contributed by atoms with van der Waals surface area (Å²) in [6, 6.07) is 1.65. The lowest BCUT2D eigenvalue weighted by molar-refractivity contribution is 0.234. The predicted octanol–water partition coefficient (Wildman–Crippen LogP) is 2.02. The molecule has 0 spiro atoms. The third-order valence-electron chi connectivity index (χ3n) is 3.87. The molecule has 2 heteroatoms. The van der Waals surface area contributed by atoms with Crippen LogP contribution in [-0.2, 0) is 0 Å². The second-order valence-electron chi connectivity index (χ2n) is 5.33. The molecular formula is C13H24N2. The standard InChI is InChI=1S/C13H24N2/c1-4-15(8-10(2)3)9-11-7-12-5-6-13(11)14-12/h11-14H,2,4-9H2,1,3H3. The second kappa shape index (κ2) is 4.67. The second-order valence-corrected chi connectivity index (χ2v) is 5.33. The maximum absolute atomic E-state index is 4.01. The first-order chi connectivity index (χ1) is 7.19. The van der Waals surface area contributed by atoms with Crippen LogP contribution in [0.2, 0.25) is 0 Å². The molecule has 2 aliphatic heterocycles. The Hall–Kier alpha value is -0.340. The normalized spacial score (nSPS) is 33.9. The fourth-order valence-corrected chi connectivity index (χ4v) is 3.16. The molecule has 0 aliphatic carbocycles. The average Bonchev–Trinajstić information content (AvgIpc) is 2.77. The Bertz CT molecular complexity index is 237. The first-order valence-corrected chi connectivity index (χ1v) is 6.31. The summed E-state index contributed by atoms with van der Waals surface area (Å²) in [4.78, 5) is 2.54. The van der Waals surface area contributed by atoms with Gasteiger partial charge in [-0.3, -0.25) is 4.90 Å². The van der Waals surface area contributed by atoms with Crippen molar-refractivity contribution >= 4 is 0 Å². The zero-order chi connectivity index (χ0) is 10.8. The highest BCUT2D eigenvalue weighted by molar-refractivity contribution is 4.99. The van der Waals surface area contributed by atoms with Gasteiger partial charge in [-0.05, 0) is 38.6 Å². The van der Waals surface area contributed by atoms with Gasteiger partial charge >= 0.3 is 0 Å². The molecule has 0 amide bonds. The van der Waals surface area contributed by atoms with Crippen molar-refractivity contribution in [3.63, 3.8) is 0 Å². The van der Waals surface area contributed by atoms with Crippen molar-refractivity contribution in [3.05, 3.63) is 12.2 Å². The van der Waals surface area contributed by atoms with Crippen LogP contribution in [0.15, 0.2) is 12.2 Å². The molecule has 2 aliphatic rings. The highest BCUT2D eigenvalue weighted by Gasteiger charge is 2.39. The quantitative estimate of drug-likeness (QED) is 0.695. The summed E-state index contributed by atoms with van der Waals surface area (Å²) in [7, 11) is 0. The highest BCUT2D eigenvalue weighted by atomic mass is 15.1. The first-order valence-electron chi connectivity index (χ1n) is 6.31. The van der Waals surface area contributed by atoms with Crippen LogP contribution in [-0.4, -0.2) is 36.6 Å². The van der Waals surface area contributed by atoms with Gasteiger partial charge in [0.15, 0.2) is 0 Å². The molecule has 2 nitrogen and oxygen atoms in total. The Morgan fingerprint density at radius 1 is 1.47 bits per heavy atom. The molecule has 86 valence electrons. The predicted molar refractivity (Wildman–Crippen MR) is 65.0 cm³/mol. The number of fused-ring (bicyclic) bond motifs is 2. The average molecular weight is 208 g/mol. The number of nitrogens with zero attached hydrogens (tertiary/aromatic N) is 1. The van der Waals surface area contributed by atoms with Gasteiger partial charge in [0.05, 0.1) is 0 Å². The van der Waals surface area contributed by atoms with E-state index in [2.05, 4.69) is 30.6 Å². The molecule has 0 aromatic rings. The Morgan fingerprint density at radius 3 is 2.73 bits per heavy atom. The van der Waals surface area contributed by atoms with Crippen molar-refractivity contribution in [1.29, 1.82) is 0 Å². The summed E-state index contributed by atoms with van der Waals surface area (Å²) in [5.74, 6) is 0.892. The lowest BCUT2D eigenvalue weighted by Crippen LogP contribution is -2.36. The number of hydrogen-bond donors (Lipinski definition) is 1. The van der Waals surface area contributed by atoms with E-state index >= 15 is 0 Å². The van der Waals surface area contributed by atoms with Crippen molar-refractivity contribution in [2.45, 2.75) is 45.2 Å². The van der Waals surface area contributed by atoms with Gasteiger partial charge in [-0.1, -0.05) is 19.1 Å². The molecule has 3 unspecified atom stereocenters. The zero-order valence-electron chi connectivity index (χ0n) is 10.1. The molecule has 2 saturated heterocycles. The van der Waals surface area contributed by atoms with Gasteiger partial charge in [0.1, 0.15) is 0 Å². The van der Waals surface area contributed by atoms with Crippen molar-refractivity contribution < 1.29 is 0 Å². The lowest BCUT2D eigenvalue weighted by atomic mass is 9.89. The molecule has 2 fully saturated rings. The van der Waals surface area contributed by atoms with E-state index in [0.717, 1.165) is 31.1 Å². The molecule has 2 heterocycles. The molecule has 2 rings (SSSR count). The Balaban J connectivity index is 1.82. The number of nitrogens with one attached hydrogen (secondary N) is 1. The van der Waals surface area contributed by atoms with Crippen LogP contribution in [0.3, 0.4) is 0 Å². The van der Waals surface area contributed by atoms with Gasteiger partial charge in [0, 0.05) is 25.2 Å². The fourth-order valence-electron chi connectivity index (χ4n) is 3.16. The molecule has 15 heavy (non-hydrogen) atoms. The monoisotopic (exact) mass is 208 g/mol. The zero-order valence-corrected chi connectivity index (χ0v) is 10.1. The van der Waals surface area contributed by atoms with Crippen molar-refractivity contribution in [3.8, 4) is 0 Å². The smallest absolute Gasteiger partial charge is 0.0187 e. The number of likely N-dealkylation sites (N-methyl/N-ethyl adjacent to an activating group) is 1. The number of rotatable bonds is 5. The summed E-state index contributed by atoms with van der Waals surface area (Å²) < 4.78 is 0. The molecule has 0 saturated carbocycles. The van der Waals surface area contributed by atoms with Gasteiger partial charge in [-0.15, -0.1) is 0 Å². The van der Waals surface area contributed by atoms with Gasteiger partial charge in [0.2, 0.25) is 0 Å². The van der Waals surface area contributed by atoms with E-state index in [1.54, 1.807) is 0 Å². The third-order valence-corrected chi connectivity index (χ3v) is 3.87. The van der Waals surface area contributed by atoms with Crippen LogP contribution in [0, 0.1) is 5.92 Å². The molecular weight excluding hydrogens is 184 g/mol. The summed E-state index contributed by atoms with van der Waals surface area (Å²) in [5, 5.41) is 3.71. The van der Waals surface area contributed by atoms with E-state index in [0.29, 0.717) is 0 Å². The van der Waals surface area contributed by atoms with Crippen LogP contribution in [0.5, 0.6) is 0 Å². The van der Waals surface area contributed by atoms with Gasteiger partial charge in [0.25, 0.3) is 0 Å². The molecule has 1 N–H and O–H groups in total. The van der Waals surface area contributed by atoms with E-state index in [1.807, 2.05) is 0 Å². The van der Waals surface area contributed by atoms with Crippen LogP contribution in [0.25, 0.3) is 0 Å². The molecule has 3 atom stereocenters. The Kier molecular flexibility index (Phi) is 3.47. The minimum absolute atomic E-state index is 0.814. The first kappa shape index (κ1) is 11.2. The molecule has 0 aromatic heterocycles. The Morgan fingerprint density at radius 2 is 2.27 bits per heavy atom. The molecule has 2 bridgehead atoms. The van der Waals surface area contributed by atoms with Crippen molar-refractivity contribution in [1.82, 2.24) is 10.2 Å². The summed E-state index contributed by atoms with van der Waals surface area (Å²) in [6.07, 6.45) is 4.21. The van der Waals surface area contributed by atoms with E-state index in [4.69, 9.17) is 0 Å². The van der Waals surface area contributed by atoms with Gasteiger partial charge < -0.3 is 5.32 Å².